The molecule has 1 fully saturated rings. The maximum Gasteiger partial charge on any atom is 0.433 e. The summed E-state index contributed by atoms with van der Waals surface area (Å²) in [6.07, 6.45) is -3.78. The van der Waals surface area contributed by atoms with Crippen molar-refractivity contribution in [3.05, 3.63) is 53.9 Å². The van der Waals surface area contributed by atoms with E-state index in [-0.39, 0.29) is 5.69 Å². The van der Waals surface area contributed by atoms with Crippen LogP contribution in [0.25, 0.3) is 0 Å². The Morgan fingerprint density at radius 1 is 1.13 bits per heavy atom. The molecule has 1 amide bonds. The van der Waals surface area contributed by atoms with E-state index in [2.05, 4.69) is 4.98 Å². The summed E-state index contributed by atoms with van der Waals surface area (Å²) < 4.78 is 44.0. The molecule has 0 radical (unpaired) electrons. The first kappa shape index (κ1) is 21.5. The molecule has 2 aromatic rings. The quantitative estimate of drug-likeness (QED) is 0.546. The molecule has 3 rings (SSSR count). The van der Waals surface area contributed by atoms with E-state index in [1.807, 2.05) is 0 Å². The lowest BCUT2D eigenvalue weighted by Gasteiger charge is -2.28. The standard InChI is InChI=1S/C21H19F3N2O4/c1-11(2)18(27)16-17(13-6-4-5-7-14(13)30-3)26(20(29)19(16)28)12-8-9-15(25-10-12)21(22,23)24/h4-11,16-17H,1-3H3. The largest absolute Gasteiger partial charge is 0.496 e. The Balaban J connectivity index is 2.17. The molecule has 2 heterocycles. The lowest BCUT2D eigenvalue weighted by atomic mass is 9.84. The van der Waals surface area contributed by atoms with Gasteiger partial charge in [-0.25, -0.2) is 4.98 Å². The fourth-order valence-electron chi connectivity index (χ4n) is 3.52. The third-order valence-corrected chi connectivity index (χ3v) is 4.96. The van der Waals surface area contributed by atoms with E-state index in [0.717, 1.165) is 23.2 Å². The number of hydrogen-bond donors (Lipinski definition) is 0. The summed E-state index contributed by atoms with van der Waals surface area (Å²) in [5.41, 5.74) is -0.748. The molecule has 9 heteroatoms. The van der Waals surface area contributed by atoms with Gasteiger partial charge in [-0.2, -0.15) is 13.2 Å². The van der Waals surface area contributed by atoms with E-state index < -0.39 is 47.2 Å². The number of benzene rings is 1. The van der Waals surface area contributed by atoms with Crippen LogP contribution >= 0.6 is 0 Å². The van der Waals surface area contributed by atoms with Crippen molar-refractivity contribution >= 4 is 23.2 Å². The van der Waals surface area contributed by atoms with Crippen LogP contribution in [0.4, 0.5) is 18.9 Å². The van der Waals surface area contributed by atoms with Crippen LogP contribution in [0.2, 0.25) is 0 Å². The van der Waals surface area contributed by atoms with Gasteiger partial charge in [-0.05, 0) is 18.2 Å². The van der Waals surface area contributed by atoms with Gasteiger partial charge in [-0.1, -0.05) is 32.0 Å². The zero-order valence-corrected chi connectivity index (χ0v) is 16.4. The molecular weight excluding hydrogens is 401 g/mol. The van der Waals surface area contributed by atoms with Crippen molar-refractivity contribution in [2.75, 3.05) is 12.0 Å². The fraction of sp³-hybridized carbons (Fsp3) is 0.333. The van der Waals surface area contributed by atoms with E-state index in [9.17, 15) is 27.6 Å². The molecule has 158 valence electrons. The van der Waals surface area contributed by atoms with Crippen LogP contribution in [-0.2, 0) is 20.6 Å². The number of rotatable bonds is 5. The summed E-state index contributed by atoms with van der Waals surface area (Å²) in [4.78, 5) is 42.9. The molecule has 0 saturated carbocycles. The summed E-state index contributed by atoms with van der Waals surface area (Å²) in [7, 11) is 1.40. The van der Waals surface area contributed by atoms with Gasteiger partial charge in [0.2, 0.25) is 5.78 Å². The van der Waals surface area contributed by atoms with E-state index in [0.29, 0.717) is 11.3 Å². The van der Waals surface area contributed by atoms with Gasteiger partial charge in [-0.3, -0.25) is 19.3 Å². The van der Waals surface area contributed by atoms with Crippen LogP contribution in [0, 0.1) is 11.8 Å². The number of anilines is 1. The third-order valence-electron chi connectivity index (χ3n) is 4.96. The van der Waals surface area contributed by atoms with E-state index in [4.69, 9.17) is 4.74 Å². The SMILES string of the molecule is COc1ccccc1C1C(C(=O)C(C)C)C(=O)C(=O)N1c1ccc(C(F)(F)F)nc1. The lowest BCUT2D eigenvalue weighted by Crippen LogP contribution is -2.32. The zero-order valence-electron chi connectivity index (χ0n) is 16.4. The van der Waals surface area contributed by atoms with Gasteiger partial charge in [-0.15, -0.1) is 0 Å². The predicted octanol–water partition coefficient (Wildman–Crippen LogP) is 3.61. The molecule has 2 unspecified atom stereocenters. The van der Waals surface area contributed by atoms with Gasteiger partial charge >= 0.3 is 6.18 Å². The molecule has 1 aliphatic rings. The molecule has 1 aromatic heterocycles. The van der Waals surface area contributed by atoms with Crippen LogP contribution < -0.4 is 9.64 Å². The van der Waals surface area contributed by atoms with Crippen molar-refractivity contribution in [3.8, 4) is 5.75 Å². The molecule has 2 atom stereocenters. The number of aromatic nitrogens is 1. The van der Waals surface area contributed by atoms with Crippen molar-refractivity contribution in [2.45, 2.75) is 26.1 Å². The normalized spacial score (nSPS) is 19.5. The molecule has 1 aliphatic heterocycles. The minimum atomic E-state index is -4.65. The topological polar surface area (TPSA) is 76.6 Å². The molecule has 0 spiro atoms. The second-order valence-corrected chi connectivity index (χ2v) is 7.16. The van der Waals surface area contributed by atoms with Crippen LogP contribution in [0.1, 0.15) is 31.1 Å². The average molecular weight is 420 g/mol. The number of pyridine rings is 1. The highest BCUT2D eigenvalue weighted by molar-refractivity contribution is 6.48. The summed E-state index contributed by atoms with van der Waals surface area (Å²) in [5.74, 6) is -3.83. The van der Waals surface area contributed by atoms with Crippen LogP contribution in [0.15, 0.2) is 42.6 Å². The van der Waals surface area contributed by atoms with Gasteiger partial charge in [0.05, 0.1) is 25.0 Å². The number of para-hydroxylation sites is 1. The number of amides is 1. The Morgan fingerprint density at radius 2 is 1.80 bits per heavy atom. The number of nitrogens with zero attached hydrogens (tertiary/aromatic N) is 2. The number of ketones is 2. The number of alkyl halides is 3. The number of Topliss-reactive ketones (excluding diaryl/α,β-unsaturated/α-hetero) is 2. The highest BCUT2D eigenvalue weighted by Crippen LogP contribution is 2.44. The smallest absolute Gasteiger partial charge is 0.433 e. The Hall–Kier alpha value is -3.23. The van der Waals surface area contributed by atoms with Crippen LogP contribution in [-0.4, -0.2) is 29.6 Å². The predicted molar refractivity (Wildman–Crippen MR) is 101 cm³/mol. The van der Waals surface area contributed by atoms with E-state index >= 15 is 0 Å². The molecule has 0 N–H and O–H groups in total. The number of carbonyl (C=O) groups excluding carboxylic acids is 3. The van der Waals surface area contributed by atoms with Gasteiger partial charge in [0.1, 0.15) is 23.1 Å². The summed E-state index contributed by atoms with van der Waals surface area (Å²) in [6, 6.07) is 7.29. The first-order chi connectivity index (χ1) is 14.1. The maximum atomic E-state index is 12.9. The minimum absolute atomic E-state index is 0.0173. The molecule has 1 aromatic carbocycles. The van der Waals surface area contributed by atoms with Crippen molar-refractivity contribution in [2.24, 2.45) is 11.8 Å². The maximum absolute atomic E-state index is 12.9. The Bertz CT molecular complexity index is 986. The Kier molecular flexibility index (Phi) is 5.65. The number of hydrogen-bond acceptors (Lipinski definition) is 5. The second-order valence-electron chi connectivity index (χ2n) is 7.16. The monoisotopic (exact) mass is 420 g/mol. The number of halogens is 3. The van der Waals surface area contributed by atoms with Crippen molar-refractivity contribution in [1.29, 1.82) is 0 Å². The first-order valence-electron chi connectivity index (χ1n) is 9.15. The highest BCUT2D eigenvalue weighted by atomic mass is 19.4. The van der Waals surface area contributed by atoms with Crippen molar-refractivity contribution < 1.29 is 32.3 Å². The van der Waals surface area contributed by atoms with E-state index in [1.165, 1.54) is 7.11 Å². The first-order valence-corrected chi connectivity index (χ1v) is 9.15. The molecule has 0 aliphatic carbocycles. The highest BCUT2D eigenvalue weighted by Gasteiger charge is 2.53. The van der Waals surface area contributed by atoms with Gasteiger partial charge in [0.15, 0.2) is 0 Å². The zero-order chi connectivity index (χ0) is 22.2. The lowest BCUT2D eigenvalue weighted by molar-refractivity contribution is -0.141. The molecule has 1 saturated heterocycles. The average Bonchev–Trinajstić information content (AvgIpc) is 2.97. The van der Waals surface area contributed by atoms with Gasteiger partial charge < -0.3 is 4.74 Å². The second kappa shape index (κ2) is 7.89. The van der Waals surface area contributed by atoms with Crippen LogP contribution in [0.3, 0.4) is 0 Å². The summed E-state index contributed by atoms with van der Waals surface area (Å²) in [5, 5.41) is 0. The van der Waals surface area contributed by atoms with Crippen molar-refractivity contribution in [3.63, 3.8) is 0 Å². The summed E-state index contributed by atoms with van der Waals surface area (Å²) in [6.45, 7) is 3.23. The molecule has 0 bridgehead atoms. The third kappa shape index (κ3) is 3.67. The Labute approximate surface area is 170 Å². The summed E-state index contributed by atoms with van der Waals surface area (Å²) >= 11 is 0. The van der Waals surface area contributed by atoms with E-state index in [1.54, 1.807) is 38.1 Å². The number of methoxy groups -OCH3 is 1. The molecule has 6 nitrogen and oxygen atoms in total. The fourth-order valence-corrected chi connectivity index (χ4v) is 3.52. The van der Waals surface area contributed by atoms with Crippen molar-refractivity contribution in [1.82, 2.24) is 4.98 Å². The number of carbonyl (C=O) groups is 3. The van der Waals surface area contributed by atoms with Gasteiger partial charge in [0, 0.05) is 11.5 Å². The Morgan fingerprint density at radius 3 is 2.33 bits per heavy atom. The van der Waals surface area contributed by atoms with Crippen LogP contribution in [0.5, 0.6) is 5.75 Å². The number of ether oxygens (including phenoxy) is 1. The van der Waals surface area contributed by atoms with Gasteiger partial charge in [0.25, 0.3) is 5.91 Å². The molecular formula is C21H19F3N2O4. The molecule has 30 heavy (non-hydrogen) atoms. The minimum Gasteiger partial charge on any atom is -0.496 e.